The van der Waals surface area contributed by atoms with Gasteiger partial charge in [-0.1, -0.05) is 12.2 Å². The summed E-state index contributed by atoms with van der Waals surface area (Å²) >= 11 is 0. The minimum absolute atomic E-state index is 0.926. The summed E-state index contributed by atoms with van der Waals surface area (Å²) < 4.78 is 0. The molecular formula is C15H21N. The lowest BCUT2D eigenvalue weighted by atomic mass is 9.69. The normalized spacial score (nSPS) is 56.7. The van der Waals surface area contributed by atoms with Gasteiger partial charge in [0.25, 0.3) is 0 Å². The van der Waals surface area contributed by atoms with Gasteiger partial charge in [0, 0.05) is 6.54 Å². The zero-order valence-corrected chi connectivity index (χ0v) is 10.0. The Bertz CT molecular complexity index is 356. The lowest BCUT2D eigenvalue weighted by Gasteiger charge is -2.36. The molecular weight excluding hydrogens is 194 g/mol. The lowest BCUT2D eigenvalue weighted by molar-refractivity contribution is 0.154. The maximum Gasteiger partial charge on any atom is 0.0416 e. The van der Waals surface area contributed by atoms with E-state index in [0.29, 0.717) is 0 Å². The Labute approximate surface area is 98.0 Å². The smallest absolute Gasteiger partial charge is 0.0416 e. The van der Waals surface area contributed by atoms with Crippen LogP contribution in [0.15, 0.2) is 17.1 Å². The predicted molar refractivity (Wildman–Crippen MR) is 66.5 cm³/mol. The van der Waals surface area contributed by atoms with Crippen LogP contribution in [0.2, 0.25) is 0 Å². The first-order chi connectivity index (χ1) is 7.88. The predicted octanol–water partition coefficient (Wildman–Crippen LogP) is 3.17. The highest BCUT2D eigenvalue weighted by Crippen LogP contribution is 2.66. The van der Waals surface area contributed by atoms with E-state index in [1.165, 1.54) is 19.3 Å². The first-order valence-corrected chi connectivity index (χ1v) is 7.01. The van der Waals surface area contributed by atoms with E-state index >= 15 is 0 Å². The Hall–Kier alpha value is -0.590. The van der Waals surface area contributed by atoms with Crippen molar-refractivity contribution in [2.24, 2.45) is 46.4 Å². The molecule has 4 bridgehead atoms. The molecule has 86 valence electrons. The fraction of sp³-hybridized carbons (Fsp3) is 0.800. The lowest BCUT2D eigenvalue weighted by Crippen LogP contribution is -2.32. The van der Waals surface area contributed by atoms with Gasteiger partial charge in [0.15, 0.2) is 0 Å². The molecule has 3 fully saturated rings. The number of aliphatic imine (C=N–C) groups is 1. The average molecular weight is 215 g/mol. The third kappa shape index (κ3) is 1.05. The molecule has 4 aliphatic rings. The van der Waals surface area contributed by atoms with Gasteiger partial charge in [0.2, 0.25) is 0 Å². The van der Waals surface area contributed by atoms with Gasteiger partial charge >= 0.3 is 0 Å². The number of rotatable bonds is 2. The molecule has 0 aromatic rings. The molecule has 0 saturated heterocycles. The van der Waals surface area contributed by atoms with Gasteiger partial charge in [-0.2, -0.15) is 0 Å². The van der Waals surface area contributed by atoms with Crippen LogP contribution in [0.3, 0.4) is 0 Å². The second kappa shape index (κ2) is 3.21. The SMILES string of the molecule is CC=NCC1CC2CC1C1C3C=CC(C3)C21. The molecule has 7 unspecified atom stereocenters. The highest BCUT2D eigenvalue weighted by atomic mass is 14.7. The largest absolute Gasteiger partial charge is 0.298 e. The van der Waals surface area contributed by atoms with Crippen molar-refractivity contribution in [3.05, 3.63) is 12.2 Å². The summed E-state index contributed by atoms with van der Waals surface area (Å²) in [7, 11) is 0. The number of hydrogen-bond donors (Lipinski definition) is 0. The topological polar surface area (TPSA) is 12.4 Å². The number of allylic oxidation sites excluding steroid dienone is 2. The second-order valence-corrected chi connectivity index (χ2v) is 6.38. The maximum atomic E-state index is 4.51. The van der Waals surface area contributed by atoms with Crippen LogP contribution in [0, 0.1) is 41.4 Å². The fourth-order valence-corrected chi connectivity index (χ4v) is 5.60. The summed E-state index contributed by atoms with van der Waals surface area (Å²) in [4.78, 5) is 4.51. The standard InChI is InChI=1S/C15H21N/c1-2-16-8-12-6-11-7-13(12)15-10-4-3-9(5-10)14(11)15/h2-4,9-15H,5-8H2,1H3. The highest BCUT2D eigenvalue weighted by molar-refractivity contribution is 5.53. The second-order valence-electron chi connectivity index (χ2n) is 6.38. The molecule has 0 N–H and O–H groups in total. The van der Waals surface area contributed by atoms with Gasteiger partial charge in [-0.05, 0) is 73.8 Å². The molecule has 0 heterocycles. The minimum atomic E-state index is 0.926. The molecule has 4 aliphatic carbocycles. The third-order valence-corrected chi connectivity index (χ3v) is 5.93. The van der Waals surface area contributed by atoms with Crippen molar-refractivity contribution in [2.45, 2.75) is 26.2 Å². The van der Waals surface area contributed by atoms with E-state index in [-0.39, 0.29) is 0 Å². The summed E-state index contributed by atoms with van der Waals surface area (Å²) in [5.74, 6) is 7.09. The van der Waals surface area contributed by atoms with Crippen LogP contribution in [0.4, 0.5) is 0 Å². The van der Waals surface area contributed by atoms with Gasteiger partial charge < -0.3 is 0 Å². The quantitative estimate of drug-likeness (QED) is 0.381. The van der Waals surface area contributed by atoms with E-state index in [2.05, 4.69) is 24.1 Å². The van der Waals surface area contributed by atoms with Crippen LogP contribution in [-0.4, -0.2) is 12.8 Å². The molecule has 0 amide bonds. The van der Waals surface area contributed by atoms with Crippen LogP contribution < -0.4 is 0 Å². The Kier molecular flexibility index (Phi) is 1.89. The van der Waals surface area contributed by atoms with Crippen LogP contribution in [0.25, 0.3) is 0 Å². The summed E-state index contributed by atoms with van der Waals surface area (Å²) in [6.45, 7) is 3.16. The molecule has 3 saturated carbocycles. The van der Waals surface area contributed by atoms with Crippen molar-refractivity contribution in [3.63, 3.8) is 0 Å². The summed E-state index contributed by atoms with van der Waals surface area (Å²) in [6, 6.07) is 0. The van der Waals surface area contributed by atoms with Crippen LogP contribution in [0.1, 0.15) is 26.2 Å². The molecule has 0 radical (unpaired) electrons. The number of hydrogen-bond acceptors (Lipinski definition) is 1. The van der Waals surface area contributed by atoms with E-state index in [0.717, 1.165) is 48.0 Å². The van der Waals surface area contributed by atoms with Gasteiger partial charge in [-0.15, -0.1) is 0 Å². The molecule has 7 atom stereocenters. The molecule has 0 aromatic heterocycles. The highest BCUT2D eigenvalue weighted by Gasteiger charge is 2.60. The molecule has 1 nitrogen and oxygen atoms in total. The Morgan fingerprint density at radius 1 is 1.12 bits per heavy atom. The Morgan fingerprint density at radius 2 is 1.94 bits per heavy atom. The van der Waals surface area contributed by atoms with E-state index in [4.69, 9.17) is 0 Å². The minimum Gasteiger partial charge on any atom is -0.298 e. The van der Waals surface area contributed by atoms with Crippen LogP contribution >= 0.6 is 0 Å². The average Bonchev–Trinajstić information content (AvgIpc) is 3.02. The summed E-state index contributed by atoms with van der Waals surface area (Å²) in [6.07, 6.45) is 11.6. The van der Waals surface area contributed by atoms with E-state index in [9.17, 15) is 0 Å². The van der Waals surface area contributed by atoms with Gasteiger partial charge in [-0.25, -0.2) is 0 Å². The summed E-state index contributed by atoms with van der Waals surface area (Å²) in [5, 5.41) is 0. The molecule has 0 spiro atoms. The van der Waals surface area contributed by atoms with Gasteiger partial charge in [0.05, 0.1) is 0 Å². The Balaban J connectivity index is 1.59. The van der Waals surface area contributed by atoms with Crippen molar-refractivity contribution in [1.82, 2.24) is 0 Å². The van der Waals surface area contributed by atoms with Crippen LogP contribution in [0.5, 0.6) is 0 Å². The molecule has 0 aliphatic heterocycles. The third-order valence-electron chi connectivity index (χ3n) is 5.93. The van der Waals surface area contributed by atoms with Crippen molar-refractivity contribution in [1.29, 1.82) is 0 Å². The molecule has 0 aromatic carbocycles. The van der Waals surface area contributed by atoms with Crippen molar-refractivity contribution >= 4 is 6.21 Å². The number of nitrogens with zero attached hydrogens (tertiary/aromatic N) is 1. The molecule has 16 heavy (non-hydrogen) atoms. The van der Waals surface area contributed by atoms with E-state index < -0.39 is 0 Å². The Morgan fingerprint density at radius 3 is 2.75 bits per heavy atom. The van der Waals surface area contributed by atoms with E-state index in [1.807, 2.05) is 6.21 Å². The first-order valence-electron chi connectivity index (χ1n) is 7.01. The zero-order chi connectivity index (χ0) is 10.7. The van der Waals surface area contributed by atoms with E-state index in [1.54, 1.807) is 0 Å². The van der Waals surface area contributed by atoms with Gasteiger partial charge in [-0.3, -0.25) is 4.99 Å². The van der Waals surface area contributed by atoms with Crippen molar-refractivity contribution < 1.29 is 0 Å². The van der Waals surface area contributed by atoms with Crippen LogP contribution in [-0.2, 0) is 0 Å². The van der Waals surface area contributed by atoms with Crippen molar-refractivity contribution in [2.75, 3.05) is 6.54 Å². The zero-order valence-electron chi connectivity index (χ0n) is 10.0. The summed E-state index contributed by atoms with van der Waals surface area (Å²) in [5.41, 5.74) is 0. The maximum absolute atomic E-state index is 4.51. The first kappa shape index (κ1) is 9.44. The number of fused-ring (bicyclic) bond motifs is 9. The monoisotopic (exact) mass is 215 g/mol. The van der Waals surface area contributed by atoms with Crippen molar-refractivity contribution in [3.8, 4) is 0 Å². The fourth-order valence-electron chi connectivity index (χ4n) is 5.60. The molecule has 4 rings (SSSR count). The molecule has 1 heteroatoms. The van der Waals surface area contributed by atoms with Gasteiger partial charge in [0.1, 0.15) is 0 Å².